The van der Waals surface area contributed by atoms with E-state index < -0.39 is 5.97 Å². The van der Waals surface area contributed by atoms with Crippen molar-refractivity contribution in [2.24, 2.45) is 0 Å². The number of furan rings is 1. The molecular formula is C32H21BrO7. The van der Waals surface area contributed by atoms with Crippen LogP contribution in [0.25, 0.3) is 28.4 Å². The Morgan fingerprint density at radius 1 is 0.875 bits per heavy atom. The van der Waals surface area contributed by atoms with Crippen LogP contribution in [0.5, 0.6) is 23.0 Å². The second kappa shape index (κ2) is 10.4. The first-order chi connectivity index (χ1) is 19.4. The topological polar surface area (TPSA) is 84.2 Å². The summed E-state index contributed by atoms with van der Waals surface area (Å²) >= 11 is 3.44. The van der Waals surface area contributed by atoms with E-state index in [9.17, 15) is 9.59 Å². The second-order valence-electron chi connectivity index (χ2n) is 8.91. The van der Waals surface area contributed by atoms with E-state index in [0.29, 0.717) is 39.4 Å². The van der Waals surface area contributed by atoms with Gasteiger partial charge in [0.1, 0.15) is 39.9 Å². The summed E-state index contributed by atoms with van der Waals surface area (Å²) in [5.74, 6) is 1.29. The summed E-state index contributed by atoms with van der Waals surface area (Å²) < 4.78 is 29.4. The van der Waals surface area contributed by atoms with Gasteiger partial charge in [0.15, 0.2) is 5.76 Å². The summed E-state index contributed by atoms with van der Waals surface area (Å²) in [4.78, 5) is 26.6. The van der Waals surface area contributed by atoms with Crippen molar-refractivity contribution in [2.45, 2.75) is 0 Å². The first-order valence-corrected chi connectivity index (χ1v) is 13.0. The lowest BCUT2D eigenvalue weighted by atomic mass is 10.1. The Balaban J connectivity index is 1.33. The van der Waals surface area contributed by atoms with Crippen LogP contribution >= 0.6 is 15.9 Å². The van der Waals surface area contributed by atoms with Gasteiger partial charge >= 0.3 is 5.97 Å². The van der Waals surface area contributed by atoms with E-state index in [1.807, 2.05) is 42.5 Å². The maximum absolute atomic E-state index is 13.6. The average Bonchev–Trinajstić information content (AvgIpc) is 3.50. The van der Waals surface area contributed by atoms with Gasteiger partial charge in [-0.15, -0.1) is 0 Å². The van der Waals surface area contributed by atoms with Crippen LogP contribution in [0, 0.1) is 0 Å². The van der Waals surface area contributed by atoms with E-state index in [2.05, 4.69) is 15.9 Å². The van der Waals surface area contributed by atoms with E-state index in [-0.39, 0.29) is 28.6 Å². The number of fused-ring (bicyclic) bond motifs is 2. The number of rotatable bonds is 6. The molecule has 0 spiro atoms. The molecule has 0 saturated heterocycles. The lowest BCUT2D eigenvalue weighted by Crippen LogP contribution is -2.09. The zero-order valence-corrected chi connectivity index (χ0v) is 23.0. The van der Waals surface area contributed by atoms with Gasteiger partial charge in [-0.3, -0.25) is 4.79 Å². The van der Waals surface area contributed by atoms with E-state index in [4.69, 9.17) is 23.4 Å². The highest BCUT2D eigenvalue weighted by molar-refractivity contribution is 9.10. The van der Waals surface area contributed by atoms with Crippen LogP contribution in [0.2, 0.25) is 0 Å². The molecule has 40 heavy (non-hydrogen) atoms. The molecule has 1 aromatic heterocycles. The fourth-order valence-corrected chi connectivity index (χ4v) is 4.93. The molecule has 0 saturated carbocycles. The van der Waals surface area contributed by atoms with Gasteiger partial charge in [0.05, 0.1) is 19.8 Å². The van der Waals surface area contributed by atoms with Crippen molar-refractivity contribution >= 4 is 44.7 Å². The SMILES string of the molecule is COc1ccc2oc(-c3ccccc3)c(C(=O)Oc3ccc4c(c3)O/C(=C\c3cc(Br)ccc3OC)C4=O)c2c1. The number of methoxy groups -OCH3 is 2. The second-order valence-corrected chi connectivity index (χ2v) is 9.82. The number of hydrogen-bond acceptors (Lipinski definition) is 7. The molecule has 198 valence electrons. The molecule has 1 aliphatic heterocycles. The number of allylic oxidation sites excluding steroid dienone is 1. The highest BCUT2D eigenvalue weighted by Gasteiger charge is 2.29. The molecule has 0 fully saturated rings. The lowest BCUT2D eigenvalue weighted by molar-refractivity contribution is 0.0736. The number of halogens is 1. The van der Waals surface area contributed by atoms with Gasteiger partial charge in [0, 0.05) is 27.1 Å². The number of hydrogen-bond donors (Lipinski definition) is 0. The summed E-state index contributed by atoms with van der Waals surface area (Å²) in [6.45, 7) is 0. The van der Waals surface area contributed by atoms with Crippen molar-refractivity contribution in [3.05, 3.63) is 112 Å². The van der Waals surface area contributed by atoms with E-state index in [0.717, 1.165) is 10.0 Å². The Labute approximate surface area is 237 Å². The molecule has 4 aromatic carbocycles. The van der Waals surface area contributed by atoms with Gasteiger partial charge in [-0.2, -0.15) is 0 Å². The number of carbonyl (C=O) groups is 2. The Bertz CT molecular complexity index is 1820. The number of ether oxygens (including phenoxy) is 4. The number of Topliss-reactive ketones (excluding diaryl/α,β-unsaturated/α-hetero) is 1. The Morgan fingerprint density at radius 2 is 1.68 bits per heavy atom. The van der Waals surface area contributed by atoms with Gasteiger partial charge in [0.2, 0.25) is 5.78 Å². The first kappa shape index (κ1) is 25.5. The van der Waals surface area contributed by atoms with Crippen LogP contribution in [0.1, 0.15) is 26.3 Å². The maximum atomic E-state index is 13.6. The van der Waals surface area contributed by atoms with Crippen LogP contribution in [-0.2, 0) is 0 Å². The molecule has 6 rings (SSSR count). The van der Waals surface area contributed by atoms with Crippen molar-refractivity contribution < 1.29 is 33.0 Å². The Hall–Kier alpha value is -4.82. The third-order valence-corrected chi connectivity index (χ3v) is 6.96. The summed E-state index contributed by atoms with van der Waals surface area (Å²) in [5, 5.41) is 0.559. The fraction of sp³-hybridized carbons (Fsp3) is 0.0625. The minimum atomic E-state index is -0.621. The Morgan fingerprint density at radius 3 is 2.45 bits per heavy atom. The summed E-state index contributed by atoms with van der Waals surface area (Å²) in [5.41, 5.74) is 2.55. The molecule has 0 bridgehead atoms. The third kappa shape index (κ3) is 4.63. The number of ketones is 1. The van der Waals surface area contributed by atoms with E-state index in [1.54, 1.807) is 56.7 Å². The van der Waals surface area contributed by atoms with E-state index in [1.165, 1.54) is 6.07 Å². The lowest BCUT2D eigenvalue weighted by Gasteiger charge is -2.07. The van der Waals surface area contributed by atoms with Gasteiger partial charge in [0.25, 0.3) is 0 Å². The molecule has 2 heterocycles. The molecule has 0 amide bonds. The van der Waals surface area contributed by atoms with Crippen molar-refractivity contribution in [1.82, 2.24) is 0 Å². The number of esters is 1. The molecular weight excluding hydrogens is 576 g/mol. The van der Waals surface area contributed by atoms with Crippen LogP contribution in [0.15, 0.2) is 99.6 Å². The fourth-order valence-electron chi connectivity index (χ4n) is 4.55. The standard InChI is InChI=1S/C32H21BrO7/c1-36-21-10-13-26-24(16-21)29(31(40-26)18-6-4-3-5-7-18)32(35)38-22-9-11-23-27(17-22)39-28(30(23)34)15-19-14-20(33)8-12-25(19)37-2/h3-17H,1-2H3/b28-15-. The zero-order chi connectivity index (χ0) is 27.8. The van der Waals surface area contributed by atoms with E-state index >= 15 is 0 Å². The predicted octanol–water partition coefficient (Wildman–Crippen LogP) is 7.71. The van der Waals surface area contributed by atoms with Crippen LogP contribution in [0.4, 0.5) is 0 Å². The molecule has 1 aliphatic rings. The smallest absolute Gasteiger partial charge is 0.348 e. The number of carbonyl (C=O) groups excluding carboxylic acids is 2. The minimum Gasteiger partial charge on any atom is -0.497 e. The largest absolute Gasteiger partial charge is 0.497 e. The van der Waals surface area contributed by atoms with Crippen molar-refractivity contribution in [2.75, 3.05) is 14.2 Å². The Kier molecular flexibility index (Phi) is 6.61. The molecule has 0 N–H and O–H groups in total. The highest BCUT2D eigenvalue weighted by atomic mass is 79.9. The van der Waals surface area contributed by atoms with Gasteiger partial charge in [-0.1, -0.05) is 46.3 Å². The van der Waals surface area contributed by atoms with Gasteiger partial charge < -0.3 is 23.4 Å². The summed E-state index contributed by atoms with van der Waals surface area (Å²) in [6, 6.07) is 24.7. The first-order valence-electron chi connectivity index (χ1n) is 12.2. The van der Waals surface area contributed by atoms with Crippen LogP contribution < -0.4 is 18.9 Å². The highest BCUT2D eigenvalue weighted by Crippen LogP contribution is 2.39. The zero-order valence-electron chi connectivity index (χ0n) is 21.4. The summed E-state index contributed by atoms with van der Waals surface area (Å²) in [7, 11) is 3.11. The number of benzene rings is 4. The van der Waals surface area contributed by atoms with Crippen molar-refractivity contribution in [3.8, 4) is 34.3 Å². The maximum Gasteiger partial charge on any atom is 0.348 e. The van der Waals surface area contributed by atoms with Crippen LogP contribution in [0.3, 0.4) is 0 Å². The monoisotopic (exact) mass is 596 g/mol. The third-order valence-electron chi connectivity index (χ3n) is 6.47. The minimum absolute atomic E-state index is 0.133. The average molecular weight is 597 g/mol. The molecule has 7 nitrogen and oxygen atoms in total. The molecule has 8 heteroatoms. The van der Waals surface area contributed by atoms with Crippen molar-refractivity contribution in [1.29, 1.82) is 0 Å². The molecule has 0 aliphatic carbocycles. The van der Waals surface area contributed by atoms with Gasteiger partial charge in [-0.05, 0) is 54.6 Å². The molecule has 0 radical (unpaired) electrons. The summed E-state index contributed by atoms with van der Waals surface area (Å²) in [6.07, 6.45) is 1.62. The van der Waals surface area contributed by atoms with Gasteiger partial charge in [-0.25, -0.2) is 4.79 Å². The van der Waals surface area contributed by atoms with Crippen LogP contribution in [-0.4, -0.2) is 26.0 Å². The normalized spacial score (nSPS) is 13.3. The molecule has 0 atom stereocenters. The molecule has 5 aromatic rings. The molecule has 0 unspecified atom stereocenters. The quantitative estimate of drug-likeness (QED) is 0.113. The van der Waals surface area contributed by atoms with Crippen molar-refractivity contribution in [3.63, 3.8) is 0 Å². The predicted molar refractivity (Wildman–Crippen MR) is 153 cm³/mol.